The number of carbonyl (C=O) groups is 2. The summed E-state index contributed by atoms with van der Waals surface area (Å²) in [6, 6.07) is 12.0. The van der Waals surface area contributed by atoms with Gasteiger partial charge in [-0.3, -0.25) is 14.5 Å². The molecule has 0 aliphatic carbocycles. The molecule has 1 fully saturated rings. The van der Waals surface area contributed by atoms with Gasteiger partial charge in [0.15, 0.2) is 0 Å². The van der Waals surface area contributed by atoms with Crippen LogP contribution < -0.4 is 10.1 Å². The van der Waals surface area contributed by atoms with E-state index in [0.717, 1.165) is 22.9 Å². The molecule has 1 aliphatic heterocycles. The minimum atomic E-state index is -0.372. The van der Waals surface area contributed by atoms with Crippen molar-refractivity contribution in [3.63, 3.8) is 0 Å². The molecule has 0 radical (unpaired) electrons. The Kier molecular flexibility index (Phi) is 6.01. The van der Waals surface area contributed by atoms with E-state index in [1.54, 1.807) is 38.3 Å². The summed E-state index contributed by atoms with van der Waals surface area (Å²) in [4.78, 5) is 26.8. The average molecular weight is 415 g/mol. The SMILES string of the molecule is COc1ccccc1/C=C1\SC(=S)N(CC(=O)Nc2ccc(O)cc2C)C1=O. The molecule has 0 saturated carbocycles. The molecule has 2 N–H and O–H groups in total. The average Bonchev–Trinajstić information content (AvgIpc) is 2.92. The third-order valence-corrected chi connectivity index (χ3v) is 5.46. The van der Waals surface area contributed by atoms with Gasteiger partial charge in [0.1, 0.15) is 22.4 Å². The fourth-order valence-electron chi connectivity index (χ4n) is 2.68. The number of aromatic hydroxyl groups is 1. The van der Waals surface area contributed by atoms with E-state index < -0.39 is 0 Å². The Labute approximate surface area is 172 Å². The maximum atomic E-state index is 12.7. The highest BCUT2D eigenvalue weighted by Crippen LogP contribution is 2.34. The molecule has 8 heteroatoms. The second-order valence-corrected chi connectivity index (χ2v) is 7.73. The highest BCUT2D eigenvalue weighted by Gasteiger charge is 2.33. The van der Waals surface area contributed by atoms with Gasteiger partial charge in [-0.05, 0) is 42.8 Å². The molecular formula is C20H18N2O4S2. The molecule has 2 amide bonds. The molecule has 28 heavy (non-hydrogen) atoms. The summed E-state index contributed by atoms with van der Waals surface area (Å²) in [5.41, 5.74) is 2.04. The number of anilines is 1. The standard InChI is InChI=1S/C20H18N2O4S2/c1-12-9-14(23)7-8-15(12)21-18(24)11-22-19(25)17(28-20(22)27)10-13-5-3-4-6-16(13)26-2/h3-10,23H,11H2,1-2H3,(H,21,24)/b17-10-. The number of para-hydroxylation sites is 1. The number of phenols is 1. The molecule has 1 saturated heterocycles. The van der Waals surface area contributed by atoms with Crippen molar-refractivity contribution < 1.29 is 19.4 Å². The minimum Gasteiger partial charge on any atom is -0.508 e. The Balaban J connectivity index is 1.73. The molecule has 0 aromatic heterocycles. The molecule has 2 aromatic carbocycles. The zero-order valence-electron chi connectivity index (χ0n) is 15.3. The lowest BCUT2D eigenvalue weighted by Gasteiger charge is -2.15. The maximum absolute atomic E-state index is 12.7. The van der Waals surface area contributed by atoms with Crippen LogP contribution in [0.4, 0.5) is 5.69 Å². The van der Waals surface area contributed by atoms with E-state index in [-0.39, 0.29) is 24.1 Å². The number of ether oxygens (including phenoxy) is 1. The molecule has 6 nitrogen and oxygen atoms in total. The van der Waals surface area contributed by atoms with Crippen molar-refractivity contribution in [3.8, 4) is 11.5 Å². The zero-order valence-corrected chi connectivity index (χ0v) is 16.9. The van der Waals surface area contributed by atoms with E-state index in [1.165, 1.54) is 11.0 Å². The van der Waals surface area contributed by atoms with Gasteiger partial charge in [0, 0.05) is 11.3 Å². The number of nitrogens with zero attached hydrogens (tertiary/aromatic N) is 1. The summed E-state index contributed by atoms with van der Waals surface area (Å²) in [5, 5.41) is 12.2. The van der Waals surface area contributed by atoms with Crippen LogP contribution in [-0.2, 0) is 9.59 Å². The fourth-order valence-corrected chi connectivity index (χ4v) is 3.93. The molecular weight excluding hydrogens is 396 g/mol. The number of benzene rings is 2. The van der Waals surface area contributed by atoms with E-state index in [4.69, 9.17) is 17.0 Å². The fraction of sp³-hybridized carbons (Fsp3) is 0.150. The topological polar surface area (TPSA) is 78.9 Å². The van der Waals surface area contributed by atoms with Crippen LogP contribution >= 0.6 is 24.0 Å². The van der Waals surface area contributed by atoms with Gasteiger partial charge in [-0.1, -0.05) is 42.2 Å². The molecule has 0 bridgehead atoms. The maximum Gasteiger partial charge on any atom is 0.266 e. The van der Waals surface area contributed by atoms with Gasteiger partial charge in [-0.15, -0.1) is 0 Å². The molecule has 144 valence electrons. The third-order valence-electron chi connectivity index (χ3n) is 4.08. The van der Waals surface area contributed by atoms with E-state index in [9.17, 15) is 14.7 Å². The first kappa shape index (κ1) is 19.9. The number of hydrogen-bond donors (Lipinski definition) is 2. The number of aryl methyl sites for hydroxylation is 1. The Bertz CT molecular complexity index is 988. The quantitative estimate of drug-likeness (QED) is 0.443. The van der Waals surface area contributed by atoms with Crippen molar-refractivity contribution in [2.24, 2.45) is 0 Å². The smallest absolute Gasteiger partial charge is 0.266 e. The monoisotopic (exact) mass is 414 g/mol. The van der Waals surface area contributed by atoms with E-state index in [0.29, 0.717) is 20.7 Å². The number of amides is 2. The van der Waals surface area contributed by atoms with E-state index in [1.807, 2.05) is 18.2 Å². The van der Waals surface area contributed by atoms with Crippen LogP contribution in [0.15, 0.2) is 47.4 Å². The summed E-state index contributed by atoms with van der Waals surface area (Å²) < 4.78 is 5.62. The van der Waals surface area contributed by atoms with Crippen LogP contribution in [0.1, 0.15) is 11.1 Å². The van der Waals surface area contributed by atoms with Crippen molar-refractivity contribution in [1.29, 1.82) is 0 Å². The van der Waals surface area contributed by atoms with Gasteiger partial charge in [0.25, 0.3) is 5.91 Å². The molecule has 1 aliphatic rings. The van der Waals surface area contributed by atoms with E-state index >= 15 is 0 Å². The van der Waals surface area contributed by atoms with Crippen molar-refractivity contribution in [3.05, 3.63) is 58.5 Å². The first-order chi connectivity index (χ1) is 13.4. The summed E-state index contributed by atoms with van der Waals surface area (Å²) in [7, 11) is 1.56. The van der Waals surface area contributed by atoms with Gasteiger partial charge in [-0.25, -0.2) is 0 Å². The molecule has 0 spiro atoms. The second kappa shape index (κ2) is 8.45. The minimum absolute atomic E-state index is 0.119. The van der Waals surface area contributed by atoms with Gasteiger partial charge >= 0.3 is 0 Å². The van der Waals surface area contributed by atoms with E-state index in [2.05, 4.69) is 5.32 Å². The lowest BCUT2D eigenvalue weighted by molar-refractivity contribution is -0.126. The van der Waals surface area contributed by atoms with Crippen molar-refractivity contribution >= 4 is 51.9 Å². The Morgan fingerprint density at radius 2 is 2.07 bits per heavy atom. The lowest BCUT2D eigenvalue weighted by atomic mass is 10.2. The molecule has 2 aromatic rings. The van der Waals surface area contributed by atoms with Crippen LogP contribution in [0.3, 0.4) is 0 Å². The number of thioether (sulfide) groups is 1. The number of nitrogens with one attached hydrogen (secondary N) is 1. The number of hydrogen-bond acceptors (Lipinski definition) is 6. The van der Waals surface area contributed by atoms with Gasteiger partial charge in [-0.2, -0.15) is 0 Å². The number of methoxy groups -OCH3 is 1. The zero-order chi connectivity index (χ0) is 20.3. The summed E-state index contributed by atoms with van der Waals surface area (Å²) in [6.45, 7) is 1.58. The van der Waals surface area contributed by atoms with Crippen LogP contribution in [0, 0.1) is 6.92 Å². The van der Waals surface area contributed by atoms with Gasteiger partial charge in [0.05, 0.1) is 12.0 Å². The number of carbonyl (C=O) groups excluding carboxylic acids is 2. The van der Waals surface area contributed by atoms with Gasteiger partial charge in [0.2, 0.25) is 5.91 Å². The summed E-state index contributed by atoms with van der Waals surface area (Å²) in [6.07, 6.45) is 1.71. The number of thiocarbonyl (C=S) groups is 1. The predicted molar refractivity (Wildman–Crippen MR) is 114 cm³/mol. The Morgan fingerprint density at radius 1 is 1.32 bits per heavy atom. The Morgan fingerprint density at radius 3 is 2.79 bits per heavy atom. The normalized spacial score (nSPS) is 15.2. The van der Waals surface area contributed by atoms with Crippen LogP contribution in [0.5, 0.6) is 11.5 Å². The van der Waals surface area contributed by atoms with Crippen LogP contribution in [-0.4, -0.2) is 39.8 Å². The van der Waals surface area contributed by atoms with Gasteiger partial charge < -0.3 is 15.2 Å². The highest BCUT2D eigenvalue weighted by molar-refractivity contribution is 8.26. The second-order valence-electron chi connectivity index (χ2n) is 6.06. The molecule has 0 unspecified atom stereocenters. The summed E-state index contributed by atoms with van der Waals surface area (Å²) >= 11 is 6.43. The number of phenolic OH excluding ortho intramolecular Hbond substituents is 1. The first-order valence-electron chi connectivity index (χ1n) is 8.37. The molecule has 3 rings (SSSR count). The summed E-state index contributed by atoms with van der Waals surface area (Å²) in [5.74, 6) is 0.0735. The van der Waals surface area contributed by atoms with Crippen molar-refractivity contribution in [2.45, 2.75) is 6.92 Å². The molecule has 0 atom stereocenters. The highest BCUT2D eigenvalue weighted by atomic mass is 32.2. The predicted octanol–water partition coefficient (Wildman–Crippen LogP) is 3.55. The van der Waals surface area contributed by atoms with Crippen molar-refractivity contribution in [2.75, 3.05) is 19.0 Å². The third kappa shape index (κ3) is 4.35. The Hall–Kier alpha value is -2.84. The lowest BCUT2D eigenvalue weighted by Crippen LogP contribution is -2.36. The largest absolute Gasteiger partial charge is 0.508 e. The van der Waals surface area contributed by atoms with Crippen molar-refractivity contribution in [1.82, 2.24) is 4.90 Å². The van der Waals surface area contributed by atoms with Crippen LogP contribution in [0.25, 0.3) is 6.08 Å². The first-order valence-corrected chi connectivity index (χ1v) is 9.59. The molecule has 1 heterocycles. The van der Waals surface area contributed by atoms with Crippen LogP contribution in [0.2, 0.25) is 0 Å². The number of rotatable bonds is 5.